The molecule has 18 heavy (non-hydrogen) atoms. The van der Waals surface area contributed by atoms with E-state index in [1.54, 1.807) is 12.1 Å². The summed E-state index contributed by atoms with van der Waals surface area (Å²) in [5, 5.41) is 9.05. The molecule has 1 aliphatic heterocycles. The Morgan fingerprint density at radius 2 is 2.17 bits per heavy atom. The van der Waals surface area contributed by atoms with Gasteiger partial charge in [-0.2, -0.15) is 0 Å². The van der Waals surface area contributed by atoms with Gasteiger partial charge in [-0.3, -0.25) is 4.79 Å². The van der Waals surface area contributed by atoms with Crippen molar-refractivity contribution in [3.05, 3.63) is 17.7 Å². The molecule has 0 spiro atoms. The third kappa shape index (κ3) is 2.19. The molecule has 0 amide bonds. The van der Waals surface area contributed by atoms with Crippen LogP contribution in [0.4, 0.5) is 0 Å². The molecule has 0 saturated carbocycles. The first-order valence-electron chi connectivity index (χ1n) is 5.60. The summed E-state index contributed by atoms with van der Waals surface area (Å²) in [5.41, 5.74) is 5.98. The molecule has 1 aliphatic rings. The number of methoxy groups -OCH3 is 1. The molecule has 0 aromatic heterocycles. The highest BCUT2D eigenvalue weighted by Crippen LogP contribution is 2.41. The number of carboxylic acid groups (broad SMARTS) is 1. The number of carboxylic acids is 1. The van der Waals surface area contributed by atoms with Crippen LogP contribution in [0.25, 0.3) is 0 Å². The first kappa shape index (κ1) is 12.5. The summed E-state index contributed by atoms with van der Waals surface area (Å²) in [6.45, 7) is 0.987. The van der Waals surface area contributed by atoms with Crippen molar-refractivity contribution in [3.8, 4) is 17.2 Å². The fourth-order valence-electron chi connectivity index (χ4n) is 1.84. The van der Waals surface area contributed by atoms with Crippen molar-refractivity contribution in [2.45, 2.75) is 12.5 Å². The molecule has 1 atom stereocenters. The van der Waals surface area contributed by atoms with Crippen molar-refractivity contribution >= 4 is 5.97 Å². The van der Waals surface area contributed by atoms with E-state index in [2.05, 4.69) is 0 Å². The number of fused-ring (bicyclic) bond motifs is 1. The Hall–Kier alpha value is -1.95. The van der Waals surface area contributed by atoms with Crippen molar-refractivity contribution in [2.24, 2.45) is 5.73 Å². The van der Waals surface area contributed by atoms with E-state index in [1.165, 1.54) is 7.11 Å². The Balaban J connectivity index is 2.55. The van der Waals surface area contributed by atoms with Crippen LogP contribution in [0.15, 0.2) is 12.1 Å². The molecule has 0 bridgehead atoms. The Morgan fingerprint density at radius 3 is 2.83 bits per heavy atom. The number of hydrogen-bond donors (Lipinski definition) is 2. The number of ether oxygens (including phenoxy) is 3. The average molecular weight is 253 g/mol. The molecule has 2 rings (SSSR count). The maximum atomic E-state index is 11.1. The number of hydrogen-bond acceptors (Lipinski definition) is 5. The Labute approximate surface area is 104 Å². The molecule has 1 aromatic rings. The molecule has 3 N–H and O–H groups in total. The largest absolute Gasteiger partial charge is 0.496 e. The topological polar surface area (TPSA) is 91.0 Å². The van der Waals surface area contributed by atoms with Crippen molar-refractivity contribution in [1.29, 1.82) is 0 Å². The smallest absolute Gasteiger partial charge is 0.325 e. The third-order valence-electron chi connectivity index (χ3n) is 2.71. The predicted molar refractivity (Wildman–Crippen MR) is 63.2 cm³/mol. The normalized spacial score (nSPS) is 15.7. The van der Waals surface area contributed by atoms with Gasteiger partial charge in [0.05, 0.1) is 25.9 Å². The Kier molecular flexibility index (Phi) is 3.57. The first-order chi connectivity index (χ1) is 8.65. The zero-order valence-corrected chi connectivity index (χ0v) is 10.0. The van der Waals surface area contributed by atoms with Crippen LogP contribution in [-0.4, -0.2) is 31.4 Å². The molecule has 1 heterocycles. The summed E-state index contributed by atoms with van der Waals surface area (Å²) >= 11 is 0. The summed E-state index contributed by atoms with van der Waals surface area (Å²) in [5.74, 6) is 0.102. The van der Waals surface area contributed by atoms with Gasteiger partial charge in [-0.15, -0.1) is 0 Å². The van der Waals surface area contributed by atoms with Crippen LogP contribution in [0, 0.1) is 0 Å². The molecule has 1 aromatic carbocycles. The summed E-state index contributed by atoms with van der Waals surface area (Å²) in [4.78, 5) is 11.1. The fraction of sp³-hybridized carbons (Fsp3) is 0.417. The summed E-state index contributed by atoms with van der Waals surface area (Å²) in [7, 11) is 1.46. The van der Waals surface area contributed by atoms with Crippen LogP contribution in [0.5, 0.6) is 17.2 Å². The predicted octanol–water partition coefficient (Wildman–Crippen LogP) is 0.941. The van der Waals surface area contributed by atoms with E-state index in [9.17, 15) is 4.79 Å². The Bertz CT molecular complexity index is 460. The molecule has 0 fully saturated rings. The van der Waals surface area contributed by atoms with E-state index in [0.29, 0.717) is 36.0 Å². The maximum Gasteiger partial charge on any atom is 0.325 e. The zero-order chi connectivity index (χ0) is 13.1. The van der Waals surface area contributed by atoms with Crippen LogP contribution in [0.3, 0.4) is 0 Å². The van der Waals surface area contributed by atoms with Gasteiger partial charge in [0, 0.05) is 6.42 Å². The van der Waals surface area contributed by atoms with E-state index >= 15 is 0 Å². The Morgan fingerprint density at radius 1 is 1.44 bits per heavy atom. The van der Waals surface area contributed by atoms with Gasteiger partial charge in [-0.05, 0) is 12.1 Å². The number of rotatable bonds is 3. The minimum Gasteiger partial charge on any atom is -0.496 e. The molecule has 6 nitrogen and oxygen atoms in total. The standard InChI is InChI=1S/C12H15NO5/c1-16-7-3-4-8-11(18-6-2-5-17-8)9(7)10(13)12(14)15/h3-4,10H,2,5-6,13H2,1H3,(H,14,15). The van der Waals surface area contributed by atoms with Gasteiger partial charge in [-0.1, -0.05) is 0 Å². The maximum absolute atomic E-state index is 11.1. The van der Waals surface area contributed by atoms with E-state index in [1.807, 2.05) is 0 Å². The second-order valence-electron chi connectivity index (χ2n) is 3.88. The van der Waals surface area contributed by atoms with Crippen molar-refractivity contribution in [1.82, 2.24) is 0 Å². The summed E-state index contributed by atoms with van der Waals surface area (Å²) in [6.07, 6.45) is 0.735. The number of benzene rings is 1. The van der Waals surface area contributed by atoms with Gasteiger partial charge in [-0.25, -0.2) is 0 Å². The first-order valence-corrected chi connectivity index (χ1v) is 5.60. The monoisotopic (exact) mass is 253 g/mol. The van der Waals surface area contributed by atoms with E-state index in [0.717, 1.165) is 6.42 Å². The van der Waals surface area contributed by atoms with E-state index in [4.69, 9.17) is 25.1 Å². The highest BCUT2D eigenvalue weighted by molar-refractivity contribution is 5.78. The molecule has 0 saturated heterocycles. The van der Waals surface area contributed by atoms with Crippen molar-refractivity contribution in [2.75, 3.05) is 20.3 Å². The number of carbonyl (C=O) groups is 1. The molecule has 0 radical (unpaired) electrons. The average Bonchev–Trinajstić information content (AvgIpc) is 2.61. The minimum atomic E-state index is -1.21. The van der Waals surface area contributed by atoms with Crippen LogP contribution < -0.4 is 19.9 Å². The minimum absolute atomic E-state index is 0.310. The van der Waals surface area contributed by atoms with Crippen molar-refractivity contribution < 1.29 is 24.1 Å². The molecule has 6 heteroatoms. The molecular formula is C12H15NO5. The van der Waals surface area contributed by atoms with Crippen molar-refractivity contribution in [3.63, 3.8) is 0 Å². The quantitative estimate of drug-likeness (QED) is 0.833. The van der Waals surface area contributed by atoms with Gasteiger partial charge < -0.3 is 25.1 Å². The van der Waals surface area contributed by atoms with Gasteiger partial charge in [0.15, 0.2) is 11.5 Å². The lowest BCUT2D eigenvalue weighted by atomic mass is 10.0. The highest BCUT2D eigenvalue weighted by atomic mass is 16.5. The van der Waals surface area contributed by atoms with E-state index < -0.39 is 12.0 Å². The van der Waals surface area contributed by atoms with Gasteiger partial charge in [0.1, 0.15) is 11.8 Å². The number of nitrogens with two attached hydrogens (primary N) is 1. The summed E-state index contributed by atoms with van der Waals surface area (Å²) < 4.78 is 16.2. The van der Waals surface area contributed by atoms with Crippen LogP contribution in [0.1, 0.15) is 18.0 Å². The lowest BCUT2D eigenvalue weighted by molar-refractivity contribution is -0.138. The fourth-order valence-corrected chi connectivity index (χ4v) is 1.84. The lowest BCUT2D eigenvalue weighted by Gasteiger charge is -2.18. The van der Waals surface area contributed by atoms with Gasteiger partial charge >= 0.3 is 5.97 Å². The molecular weight excluding hydrogens is 238 g/mol. The van der Waals surface area contributed by atoms with Crippen LogP contribution in [0.2, 0.25) is 0 Å². The molecule has 98 valence electrons. The van der Waals surface area contributed by atoms with Gasteiger partial charge in [0.25, 0.3) is 0 Å². The van der Waals surface area contributed by atoms with Gasteiger partial charge in [0.2, 0.25) is 0 Å². The van der Waals surface area contributed by atoms with E-state index in [-0.39, 0.29) is 0 Å². The molecule has 0 aliphatic carbocycles. The third-order valence-corrected chi connectivity index (χ3v) is 2.71. The number of aliphatic carboxylic acids is 1. The zero-order valence-electron chi connectivity index (χ0n) is 10.0. The van der Waals surface area contributed by atoms with Crippen LogP contribution >= 0.6 is 0 Å². The van der Waals surface area contributed by atoms with Crippen LogP contribution in [-0.2, 0) is 4.79 Å². The second kappa shape index (κ2) is 5.14. The lowest BCUT2D eigenvalue weighted by Crippen LogP contribution is -2.22. The molecule has 1 unspecified atom stereocenters. The second-order valence-corrected chi connectivity index (χ2v) is 3.88. The highest BCUT2D eigenvalue weighted by Gasteiger charge is 2.27. The summed E-state index contributed by atoms with van der Waals surface area (Å²) in [6, 6.07) is 2.11. The SMILES string of the molecule is COc1ccc2c(c1C(N)C(=O)O)OCCCO2.